The first-order valence-electron chi connectivity index (χ1n) is 7.50. The molecule has 1 aliphatic carbocycles. The molecule has 3 nitrogen and oxygen atoms in total. The van der Waals surface area contributed by atoms with Crippen LogP contribution in [0, 0.1) is 5.41 Å². The highest BCUT2D eigenvalue weighted by atomic mass is 14.9. The van der Waals surface area contributed by atoms with Crippen LogP contribution in [0.4, 0.5) is 0 Å². The van der Waals surface area contributed by atoms with E-state index in [4.69, 9.17) is 0 Å². The Hall–Kier alpha value is -0.960. The van der Waals surface area contributed by atoms with Gasteiger partial charge in [0.25, 0.3) is 0 Å². The summed E-state index contributed by atoms with van der Waals surface area (Å²) >= 11 is 0. The Kier molecular flexibility index (Phi) is 4.56. The van der Waals surface area contributed by atoms with Crippen molar-refractivity contribution in [3.05, 3.63) is 23.8 Å². The molecule has 0 unspecified atom stereocenters. The van der Waals surface area contributed by atoms with E-state index in [2.05, 4.69) is 43.0 Å². The van der Waals surface area contributed by atoms with Crippen molar-refractivity contribution in [3.8, 4) is 0 Å². The number of nitrogens with one attached hydrogen (secondary N) is 1. The number of rotatable bonds is 4. The van der Waals surface area contributed by atoms with Gasteiger partial charge in [-0.1, -0.05) is 27.7 Å². The summed E-state index contributed by atoms with van der Waals surface area (Å²) in [6.45, 7) is 9.89. The maximum atomic E-state index is 4.58. The Bertz CT molecular complexity index is 385. The van der Waals surface area contributed by atoms with Gasteiger partial charge in [-0.25, -0.2) is 9.97 Å². The fourth-order valence-corrected chi connectivity index (χ4v) is 2.65. The molecule has 0 spiro atoms. The predicted octanol–water partition coefficient (Wildman–Crippen LogP) is 3.66. The quantitative estimate of drug-likeness (QED) is 0.899. The Morgan fingerprint density at radius 2 is 1.79 bits per heavy atom. The van der Waals surface area contributed by atoms with Crippen molar-refractivity contribution in [2.75, 3.05) is 0 Å². The zero-order valence-corrected chi connectivity index (χ0v) is 12.7. The zero-order chi connectivity index (χ0) is 13.9. The van der Waals surface area contributed by atoms with Crippen LogP contribution >= 0.6 is 0 Å². The molecule has 0 aromatic carbocycles. The van der Waals surface area contributed by atoms with Gasteiger partial charge >= 0.3 is 0 Å². The molecule has 0 saturated heterocycles. The van der Waals surface area contributed by atoms with E-state index in [9.17, 15) is 0 Å². The van der Waals surface area contributed by atoms with Crippen molar-refractivity contribution >= 4 is 0 Å². The van der Waals surface area contributed by atoms with Crippen molar-refractivity contribution in [3.63, 3.8) is 0 Å². The van der Waals surface area contributed by atoms with E-state index >= 15 is 0 Å². The molecule has 1 saturated carbocycles. The highest BCUT2D eigenvalue weighted by Gasteiger charge is 2.28. The molecule has 0 aliphatic heterocycles. The number of nitrogens with zero attached hydrogens (tertiary/aromatic N) is 2. The number of hydrogen-bond donors (Lipinski definition) is 1. The monoisotopic (exact) mass is 261 g/mol. The van der Waals surface area contributed by atoms with Gasteiger partial charge in [-0.05, 0) is 31.1 Å². The normalized spacial score (nSPS) is 19.8. The summed E-state index contributed by atoms with van der Waals surface area (Å²) < 4.78 is 0. The highest BCUT2D eigenvalue weighted by molar-refractivity contribution is 5.08. The SMILES string of the molecule is CC(C)NCc1cnc(C2CCC(C)(C)CC2)nc1. The summed E-state index contributed by atoms with van der Waals surface area (Å²) in [4.78, 5) is 9.15. The predicted molar refractivity (Wildman–Crippen MR) is 79.0 cm³/mol. The molecular formula is C16H27N3. The van der Waals surface area contributed by atoms with Gasteiger partial charge in [-0.15, -0.1) is 0 Å². The fraction of sp³-hybridized carbons (Fsp3) is 0.750. The van der Waals surface area contributed by atoms with Gasteiger partial charge in [-0.2, -0.15) is 0 Å². The van der Waals surface area contributed by atoms with Crippen molar-refractivity contribution in [1.82, 2.24) is 15.3 Å². The van der Waals surface area contributed by atoms with Gasteiger partial charge in [-0.3, -0.25) is 0 Å². The van der Waals surface area contributed by atoms with E-state index < -0.39 is 0 Å². The molecule has 3 heteroatoms. The standard InChI is InChI=1S/C16H27N3/c1-12(2)17-9-13-10-18-15(19-11-13)14-5-7-16(3,4)8-6-14/h10-12,14,17H,5-9H2,1-4H3. The molecule has 1 aromatic heterocycles. The summed E-state index contributed by atoms with van der Waals surface area (Å²) in [5.41, 5.74) is 1.69. The second-order valence-corrected chi connectivity index (χ2v) is 6.92. The zero-order valence-electron chi connectivity index (χ0n) is 12.7. The molecule has 0 amide bonds. The second kappa shape index (κ2) is 6.00. The minimum absolute atomic E-state index is 0.500. The lowest BCUT2D eigenvalue weighted by molar-refractivity contribution is 0.220. The van der Waals surface area contributed by atoms with E-state index in [1.54, 1.807) is 0 Å². The smallest absolute Gasteiger partial charge is 0.131 e. The van der Waals surface area contributed by atoms with Crippen molar-refractivity contribution in [2.45, 2.75) is 71.9 Å². The van der Waals surface area contributed by atoms with Gasteiger partial charge in [0.05, 0.1) is 0 Å². The molecule has 2 rings (SSSR count). The van der Waals surface area contributed by atoms with Gasteiger partial charge in [0, 0.05) is 36.5 Å². The summed E-state index contributed by atoms with van der Waals surface area (Å²) in [7, 11) is 0. The van der Waals surface area contributed by atoms with Crippen molar-refractivity contribution in [1.29, 1.82) is 0 Å². The number of aromatic nitrogens is 2. The third-order valence-corrected chi connectivity index (χ3v) is 4.14. The van der Waals surface area contributed by atoms with E-state index in [1.165, 1.54) is 31.2 Å². The minimum Gasteiger partial charge on any atom is -0.310 e. The molecule has 19 heavy (non-hydrogen) atoms. The largest absolute Gasteiger partial charge is 0.310 e. The molecule has 1 heterocycles. The average molecular weight is 261 g/mol. The molecule has 1 fully saturated rings. The first-order chi connectivity index (χ1) is 8.96. The first kappa shape index (κ1) is 14.4. The molecule has 0 atom stereocenters. The lowest BCUT2D eigenvalue weighted by Crippen LogP contribution is -2.23. The van der Waals surface area contributed by atoms with Crippen LogP contribution in [-0.2, 0) is 6.54 Å². The molecule has 1 N–H and O–H groups in total. The topological polar surface area (TPSA) is 37.8 Å². The summed E-state index contributed by atoms with van der Waals surface area (Å²) in [5.74, 6) is 1.61. The van der Waals surface area contributed by atoms with Gasteiger partial charge < -0.3 is 5.32 Å². The molecule has 106 valence electrons. The maximum absolute atomic E-state index is 4.58. The van der Waals surface area contributed by atoms with Crippen LogP contribution in [0.3, 0.4) is 0 Å². The molecular weight excluding hydrogens is 234 g/mol. The van der Waals surface area contributed by atoms with E-state index in [0.717, 1.165) is 12.4 Å². The molecule has 0 radical (unpaired) electrons. The average Bonchev–Trinajstić information content (AvgIpc) is 2.37. The Balaban J connectivity index is 1.92. The highest BCUT2D eigenvalue weighted by Crippen LogP contribution is 2.41. The summed E-state index contributed by atoms with van der Waals surface area (Å²) in [6, 6.07) is 0.500. The van der Waals surface area contributed by atoms with Crippen LogP contribution in [-0.4, -0.2) is 16.0 Å². The summed E-state index contributed by atoms with van der Waals surface area (Å²) in [5, 5.41) is 3.39. The van der Waals surface area contributed by atoms with E-state index in [1.807, 2.05) is 12.4 Å². The lowest BCUT2D eigenvalue weighted by Gasteiger charge is -2.33. The Morgan fingerprint density at radius 3 is 2.32 bits per heavy atom. The van der Waals surface area contributed by atoms with Gasteiger partial charge in [0.2, 0.25) is 0 Å². The van der Waals surface area contributed by atoms with Crippen LogP contribution in [0.2, 0.25) is 0 Å². The van der Waals surface area contributed by atoms with Crippen LogP contribution in [0.25, 0.3) is 0 Å². The van der Waals surface area contributed by atoms with Crippen molar-refractivity contribution in [2.24, 2.45) is 5.41 Å². The lowest BCUT2D eigenvalue weighted by atomic mass is 9.73. The van der Waals surface area contributed by atoms with Crippen LogP contribution in [0.1, 0.15) is 70.7 Å². The Labute approximate surface area is 117 Å². The molecule has 1 aromatic rings. The van der Waals surface area contributed by atoms with Crippen molar-refractivity contribution < 1.29 is 0 Å². The van der Waals surface area contributed by atoms with E-state index in [0.29, 0.717) is 17.4 Å². The van der Waals surface area contributed by atoms with Crippen LogP contribution in [0.15, 0.2) is 12.4 Å². The minimum atomic E-state index is 0.500. The van der Waals surface area contributed by atoms with Gasteiger partial charge in [0.1, 0.15) is 5.82 Å². The first-order valence-corrected chi connectivity index (χ1v) is 7.50. The molecule has 0 bridgehead atoms. The van der Waals surface area contributed by atoms with Crippen LogP contribution in [0.5, 0.6) is 0 Å². The third-order valence-electron chi connectivity index (χ3n) is 4.14. The second-order valence-electron chi connectivity index (χ2n) is 6.92. The third kappa shape index (κ3) is 4.27. The fourth-order valence-electron chi connectivity index (χ4n) is 2.65. The van der Waals surface area contributed by atoms with Crippen LogP contribution < -0.4 is 5.32 Å². The maximum Gasteiger partial charge on any atom is 0.131 e. The number of hydrogen-bond acceptors (Lipinski definition) is 3. The van der Waals surface area contributed by atoms with E-state index in [-0.39, 0.29) is 0 Å². The summed E-state index contributed by atoms with van der Waals surface area (Å²) in [6.07, 6.45) is 9.01. The molecule has 1 aliphatic rings. The van der Waals surface area contributed by atoms with Gasteiger partial charge in [0.15, 0.2) is 0 Å². The Morgan fingerprint density at radius 1 is 1.21 bits per heavy atom.